The van der Waals surface area contributed by atoms with Crippen molar-refractivity contribution in [2.45, 2.75) is 6.54 Å². The fourth-order valence-electron chi connectivity index (χ4n) is 2.96. The van der Waals surface area contributed by atoms with Crippen LogP contribution in [-0.4, -0.2) is 44.8 Å². The molecule has 1 N–H and O–H groups in total. The van der Waals surface area contributed by atoms with Gasteiger partial charge in [0.1, 0.15) is 21.5 Å². The molecule has 0 aromatic carbocycles. The quantitative estimate of drug-likeness (QED) is 0.339. The van der Waals surface area contributed by atoms with Crippen molar-refractivity contribution in [3.63, 3.8) is 0 Å². The molecule has 30 heavy (non-hydrogen) atoms. The molecule has 4 heterocycles. The Morgan fingerprint density at radius 1 is 1.30 bits per heavy atom. The lowest BCUT2D eigenvalue weighted by atomic mass is 10.2. The zero-order valence-electron chi connectivity index (χ0n) is 16.0. The third-order valence-corrected chi connectivity index (χ3v) is 5.79. The number of furan rings is 1. The fraction of sp³-hybridized carbons (Fsp3) is 0.200. The Kier molecular flexibility index (Phi) is 5.98. The predicted molar refractivity (Wildman–Crippen MR) is 119 cm³/mol. The van der Waals surface area contributed by atoms with Crippen LogP contribution in [0, 0.1) is 0 Å². The van der Waals surface area contributed by atoms with Crippen LogP contribution in [0.4, 0.5) is 5.82 Å². The van der Waals surface area contributed by atoms with Gasteiger partial charge in [-0.25, -0.2) is 4.98 Å². The second-order valence-electron chi connectivity index (χ2n) is 6.37. The standard InChI is InChI=1S/C20H18N4O4S2/c1-27-10-7-21-17-14(18(25)23-8-3-2-6-16(23)22-17)11-15-19(26)24(20(29)30-15)12-13-5-4-9-28-13/h2-6,8-9,11,21H,7,10,12H2,1H3/b15-11+. The summed E-state index contributed by atoms with van der Waals surface area (Å²) in [5.41, 5.74) is 0.509. The van der Waals surface area contributed by atoms with Crippen LogP contribution in [0.25, 0.3) is 11.7 Å². The van der Waals surface area contributed by atoms with Crippen LogP contribution in [-0.2, 0) is 16.1 Å². The molecule has 1 aliphatic heterocycles. The number of hydrogen-bond acceptors (Lipinski definition) is 8. The summed E-state index contributed by atoms with van der Waals surface area (Å²) in [4.78, 5) is 32.4. The van der Waals surface area contributed by atoms with E-state index in [4.69, 9.17) is 21.4 Å². The summed E-state index contributed by atoms with van der Waals surface area (Å²) in [6, 6.07) is 8.83. The molecule has 0 radical (unpaired) electrons. The SMILES string of the molecule is COCCNc1nc2ccccn2c(=O)c1/C=C1/SC(=S)N(Cc2ccco2)C1=O. The van der Waals surface area contributed by atoms with Crippen molar-refractivity contribution in [1.82, 2.24) is 14.3 Å². The number of amides is 1. The maximum Gasteiger partial charge on any atom is 0.267 e. The van der Waals surface area contributed by atoms with Gasteiger partial charge in [0.05, 0.1) is 29.9 Å². The first-order chi connectivity index (χ1) is 14.6. The molecule has 1 amide bonds. The number of thioether (sulfide) groups is 1. The zero-order valence-corrected chi connectivity index (χ0v) is 17.7. The second-order valence-corrected chi connectivity index (χ2v) is 8.05. The fourth-order valence-corrected chi connectivity index (χ4v) is 4.20. The van der Waals surface area contributed by atoms with E-state index in [1.165, 1.54) is 9.30 Å². The predicted octanol–water partition coefficient (Wildman–Crippen LogP) is 2.75. The third kappa shape index (κ3) is 4.02. The van der Waals surface area contributed by atoms with Gasteiger partial charge < -0.3 is 14.5 Å². The number of fused-ring (bicyclic) bond motifs is 1. The number of pyridine rings is 1. The van der Waals surface area contributed by atoms with Gasteiger partial charge in [-0.15, -0.1) is 0 Å². The first-order valence-electron chi connectivity index (χ1n) is 9.10. The van der Waals surface area contributed by atoms with E-state index in [0.717, 1.165) is 11.8 Å². The largest absolute Gasteiger partial charge is 0.467 e. The van der Waals surface area contributed by atoms with Gasteiger partial charge in [-0.3, -0.25) is 18.9 Å². The topological polar surface area (TPSA) is 89.1 Å². The average Bonchev–Trinajstić information content (AvgIpc) is 3.35. The zero-order chi connectivity index (χ0) is 21.1. The molecule has 3 aromatic heterocycles. The summed E-state index contributed by atoms with van der Waals surface area (Å²) in [7, 11) is 1.59. The van der Waals surface area contributed by atoms with Gasteiger partial charge in [0, 0.05) is 19.9 Å². The van der Waals surface area contributed by atoms with Crippen molar-refractivity contribution in [3.8, 4) is 0 Å². The van der Waals surface area contributed by atoms with E-state index >= 15 is 0 Å². The van der Waals surface area contributed by atoms with Gasteiger partial charge in [0.25, 0.3) is 11.5 Å². The lowest BCUT2D eigenvalue weighted by Crippen LogP contribution is -2.27. The highest BCUT2D eigenvalue weighted by Gasteiger charge is 2.33. The molecule has 0 spiro atoms. The minimum Gasteiger partial charge on any atom is -0.467 e. The number of thiocarbonyl (C=S) groups is 1. The number of carbonyl (C=O) groups is 1. The molecular formula is C20H18N4O4S2. The maximum atomic E-state index is 13.1. The highest BCUT2D eigenvalue weighted by molar-refractivity contribution is 8.26. The van der Waals surface area contributed by atoms with Crippen molar-refractivity contribution < 1.29 is 13.9 Å². The smallest absolute Gasteiger partial charge is 0.267 e. The first-order valence-corrected chi connectivity index (χ1v) is 10.3. The normalized spacial score (nSPS) is 15.5. The monoisotopic (exact) mass is 442 g/mol. The second kappa shape index (κ2) is 8.82. The Morgan fingerprint density at radius 2 is 2.17 bits per heavy atom. The molecule has 1 saturated heterocycles. The van der Waals surface area contributed by atoms with E-state index in [9.17, 15) is 9.59 Å². The van der Waals surface area contributed by atoms with Crippen molar-refractivity contribution in [1.29, 1.82) is 0 Å². The summed E-state index contributed by atoms with van der Waals surface area (Å²) in [5.74, 6) is 0.739. The minimum atomic E-state index is -0.281. The molecule has 0 bridgehead atoms. The number of hydrogen-bond donors (Lipinski definition) is 1. The molecule has 1 aliphatic rings. The van der Waals surface area contributed by atoms with Crippen LogP contribution in [0.1, 0.15) is 11.3 Å². The third-order valence-electron chi connectivity index (χ3n) is 4.41. The molecule has 0 atom stereocenters. The van der Waals surface area contributed by atoms with Crippen molar-refractivity contribution >= 4 is 51.7 Å². The number of carbonyl (C=O) groups excluding carboxylic acids is 1. The Balaban J connectivity index is 1.72. The molecular weight excluding hydrogens is 424 g/mol. The molecule has 1 fully saturated rings. The van der Waals surface area contributed by atoms with Gasteiger partial charge in [-0.1, -0.05) is 30.0 Å². The molecule has 3 aromatic rings. The Bertz CT molecular complexity index is 1190. The molecule has 0 unspecified atom stereocenters. The highest BCUT2D eigenvalue weighted by atomic mass is 32.2. The number of nitrogens with zero attached hydrogens (tertiary/aromatic N) is 3. The summed E-state index contributed by atoms with van der Waals surface area (Å²) in [6.45, 7) is 1.15. The number of ether oxygens (including phenoxy) is 1. The van der Waals surface area contributed by atoms with Crippen LogP contribution >= 0.6 is 24.0 Å². The van der Waals surface area contributed by atoms with Gasteiger partial charge in [-0.05, 0) is 30.3 Å². The highest BCUT2D eigenvalue weighted by Crippen LogP contribution is 2.34. The van der Waals surface area contributed by atoms with Gasteiger partial charge in [0.15, 0.2) is 0 Å². The number of aromatic nitrogens is 2. The molecule has 0 aliphatic carbocycles. The summed E-state index contributed by atoms with van der Waals surface area (Å²) in [5, 5.41) is 3.12. The average molecular weight is 443 g/mol. The molecule has 8 nitrogen and oxygen atoms in total. The summed E-state index contributed by atoms with van der Waals surface area (Å²) >= 11 is 6.52. The number of nitrogens with one attached hydrogen (secondary N) is 1. The molecule has 10 heteroatoms. The molecule has 4 rings (SSSR count). The van der Waals surface area contributed by atoms with Crippen molar-refractivity contribution in [2.75, 3.05) is 25.6 Å². The summed E-state index contributed by atoms with van der Waals surface area (Å²) in [6.07, 6.45) is 4.73. The van der Waals surface area contributed by atoms with E-state index in [0.29, 0.717) is 39.6 Å². The van der Waals surface area contributed by atoms with E-state index in [1.54, 1.807) is 56.0 Å². The molecule has 154 valence electrons. The van der Waals surface area contributed by atoms with Crippen LogP contribution in [0.5, 0.6) is 0 Å². The van der Waals surface area contributed by atoms with E-state index < -0.39 is 0 Å². The van der Waals surface area contributed by atoms with E-state index in [1.807, 2.05) is 0 Å². The number of methoxy groups -OCH3 is 1. The molecule has 0 saturated carbocycles. The first kappa shape index (κ1) is 20.3. The van der Waals surface area contributed by atoms with Crippen LogP contribution in [0.15, 0.2) is 56.9 Å². The number of rotatable bonds is 7. The van der Waals surface area contributed by atoms with Gasteiger partial charge in [-0.2, -0.15) is 0 Å². The Hall–Kier alpha value is -2.95. The number of anilines is 1. The van der Waals surface area contributed by atoms with E-state index in [-0.39, 0.29) is 23.6 Å². The van der Waals surface area contributed by atoms with Crippen LogP contribution in [0.3, 0.4) is 0 Å². The van der Waals surface area contributed by atoms with Crippen LogP contribution < -0.4 is 10.9 Å². The van der Waals surface area contributed by atoms with Gasteiger partial charge in [0.2, 0.25) is 0 Å². The summed E-state index contributed by atoms with van der Waals surface area (Å²) < 4.78 is 12.2. The lowest BCUT2D eigenvalue weighted by Gasteiger charge is -2.12. The van der Waals surface area contributed by atoms with Gasteiger partial charge >= 0.3 is 0 Å². The lowest BCUT2D eigenvalue weighted by molar-refractivity contribution is -0.122. The Morgan fingerprint density at radius 3 is 2.93 bits per heavy atom. The van der Waals surface area contributed by atoms with Crippen molar-refractivity contribution in [2.24, 2.45) is 0 Å². The van der Waals surface area contributed by atoms with Crippen LogP contribution in [0.2, 0.25) is 0 Å². The van der Waals surface area contributed by atoms with E-state index in [2.05, 4.69) is 10.3 Å². The maximum absolute atomic E-state index is 13.1. The van der Waals surface area contributed by atoms with Crippen molar-refractivity contribution in [3.05, 3.63) is 69.4 Å². The minimum absolute atomic E-state index is 0.239. The Labute approximate surface area is 181 Å².